The molecule has 0 bridgehead atoms. The van der Waals surface area contributed by atoms with Crippen molar-refractivity contribution in [2.24, 2.45) is 0 Å². The average Bonchev–Trinajstić information content (AvgIpc) is 2.98. The van der Waals surface area contributed by atoms with E-state index in [0.717, 1.165) is 18.4 Å². The molecule has 27 heavy (non-hydrogen) atoms. The molecule has 1 fully saturated rings. The first-order valence-corrected chi connectivity index (χ1v) is 9.76. The molecule has 0 radical (unpaired) electrons. The van der Waals surface area contributed by atoms with Gasteiger partial charge in [-0.3, -0.25) is 4.79 Å². The highest BCUT2D eigenvalue weighted by atomic mass is 35.5. The van der Waals surface area contributed by atoms with Gasteiger partial charge in [-0.15, -0.1) is 0 Å². The number of amides is 1. The smallest absolute Gasteiger partial charge is 0.229 e. The monoisotopic (exact) mass is 393 g/mol. The van der Waals surface area contributed by atoms with Crippen LogP contribution in [0.15, 0.2) is 22.7 Å². The Morgan fingerprint density at radius 1 is 1.37 bits per heavy atom. The summed E-state index contributed by atoms with van der Waals surface area (Å²) in [5, 5.41) is 6.71. The van der Waals surface area contributed by atoms with Gasteiger partial charge in [0.1, 0.15) is 5.82 Å². The molecule has 3 rings (SSSR count). The Kier molecular flexibility index (Phi) is 6.37. The SMILES string of the molecule is Cc1noc(Cl)c1CCC(=O)Nc1ccc(N(C)C2CCCCC2)c(F)c1. The van der Waals surface area contributed by atoms with Crippen molar-refractivity contribution in [1.29, 1.82) is 0 Å². The third kappa shape index (κ3) is 4.80. The van der Waals surface area contributed by atoms with Crippen LogP contribution in [-0.4, -0.2) is 24.2 Å². The quantitative estimate of drug-likeness (QED) is 0.740. The van der Waals surface area contributed by atoms with Gasteiger partial charge in [0.2, 0.25) is 11.1 Å². The van der Waals surface area contributed by atoms with Gasteiger partial charge in [0.15, 0.2) is 0 Å². The van der Waals surface area contributed by atoms with Gasteiger partial charge in [-0.2, -0.15) is 0 Å². The fourth-order valence-electron chi connectivity index (χ4n) is 3.64. The number of hydrogen-bond acceptors (Lipinski definition) is 4. The van der Waals surface area contributed by atoms with Crippen LogP contribution in [0.1, 0.15) is 49.8 Å². The molecule has 1 aromatic heterocycles. The van der Waals surface area contributed by atoms with E-state index in [4.69, 9.17) is 16.1 Å². The summed E-state index contributed by atoms with van der Waals surface area (Å²) in [5.41, 5.74) is 2.43. The number of nitrogens with one attached hydrogen (secondary N) is 1. The van der Waals surface area contributed by atoms with Gasteiger partial charge < -0.3 is 14.7 Å². The van der Waals surface area contributed by atoms with E-state index in [1.54, 1.807) is 19.1 Å². The van der Waals surface area contributed by atoms with Gasteiger partial charge in [0.05, 0.1) is 11.4 Å². The second-order valence-corrected chi connectivity index (χ2v) is 7.48. The van der Waals surface area contributed by atoms with Crippen molar-refractivity contribution in [2.45, 2.75) is 57.9 Å². The van der Waals surface area contributed by atoms with E-state index in [9.17, 15) is 9.18 Å². The highest BCUT2D eigenvalue weighted by Gasteiger charge is 2.21. The Labute approximate surface area is 163 Å². The van der Waals surface area contributed by atoms with E-state index in [0.29, 0.717) is 29.5 Å². The first-order chi connectivity index (χ1) is 13.0. The summed E-state index contributed by atoms with van der Waals surface area (Å²) in [6, 6.07) is 5.24. The largest absolute Gasteiger partial charge is 0.369 e. The number of halogens is 2. The summed E-state index contributed by atoms with van der Waals surface area (Å²) in [7, 11) is 1.94. The number of nitrogens with zero attached hydrogens (tertiary/aromatic N) is 2. The summed E-state index contributed by atoms with van der Waals surface area (Å²) in [6.07, 6.45) is 6.48. The van der Waals surface area contributed by atoms with Gasteiger partial charge in [0, 0.05) is 30.8 Å². The van der Waals surface area contributed by atoms with Crippen LogP contribution in [0.5, 0.6) is 0 Å². The molecule has 0 spiro atoms. The van der Waals surface area contributed by atoms with Gasteiger partial charge in [-0.05, 0) is 56.0 Å². The molecule has 1 heterocycles. The maximum absolute atomic E-state index is 14.6. The summed E-state index contributed by atoms with van der Waals surface area (Å²) in [4.78, 5) is 14.2. The number of hydrogen-bond donors (Lipinski definition) is 1. The van der Waals surface area contributed by atoms with Crippen molar-refractivity contribution in [3.05, 3.63) is 40.5 Å². The minimum absolute atomic E-state index is 0.209. The van der Waals surface area contributed by atoms with Crippen LogP contribution in [-0.2, 0) is 11.2 Å². The number of aromatic nitrogens is 1. The molecular weight excluding hydrogens is 369 g/mol. The van der Waals surface area contributed by atoms with E-state index >= 15 is 0 Å². The Balaban J connectivity index is 1.59. The molecule has 1 amide bonds. The van der Waals surface area contributed by atoms with E-state index in [2.05, 4.69) is 10.5 Å². The molecular formula is C20H25ClFN3O2. The van der Waals surface area contributed by atoms with E-state index in [1.807, 2.05) is 11.9 Å². The molecule has 0 unspecified atom stereocenters. The Hall–Kier alpha value is -2.08. The van der Waals surface area contributed by atoms with Crippen molar-refractivity contribution >= 4 is 28.9 Å². The molecule has 1 aliphatic carbocycles. The molecule has 1 aliphatic rings. The minimum Gasteiger partial charge on any atom is -0.369 e. The number of rotatable bonds is 6. The van der Waals surface area contributed by atoms with Crippen molar-refractivity contribution in [3.63, 3.8) is 0 Å². The molecule has 5 nitrogen and oxygen atoms in total. The fourth-order valence-corrected chi connectivity index (χ4v) is 3.90. The van der Waals surface area contributed by atoms with Crippen LogP contribution in [0, 0.1) is 12.7 Å². The maximum Gasteiger partial charge on any atom is 0.229 e. The van der Waals surface area contributed by atoms with Crippen LogP contribution < -0.4 is 10.2 Å². The first-order valence-electron chi connectivity index (χ1n) is 9.38. The topological polar surface area (TPSA) is 58.4 Å². The summed E-state index contributed by atoms with van der Waals surface area (Å²) < 4.78 is 19.5. The van der Waals surface area contributed by atoms with Crippen LogP contribution in [0.25, 0.3) is 0 Å². The lowest BCUT2D eigenvalue weighted by Crippen LogP contribution is -2.33. The standard InChI is InChI=1S/C20H25ClFN3O2/c1-13-16(20(21)27-24-13)9-11-19(26)23-14-8-10-18(17(22)12-14)25(2)15-6-4-3-5-7-15/h8,10,12,15H,3-7,9,11H2,1-2H3,(H,23,26). The van der Waals surface area contributed by atoms with Gasteiger partial charge in [-0.1, -0.05) is 24.4 Å². The lowest BCUT2D eigenvalue weighted by atomic mass is 9.94. The molecule has 0 atom stereocenters. The zero-order chi connectivity index (χ0) is 19.4. The molecule has 1 aromatic carbocycles. The number of carbonyl (C=O) groups is 1. The zero-order valence-electron chi connectivity index (χ0n) is 15.7. The van der Waals surface area contributed by atoms with Crippen LogP contribution in [0.3, 0.4) is 0 Å². The lowest BCUT2D eigenvalue weighted by molar-refractivity contribution is -0.116. The van der Waals surface area contributed by atoms with Crippen molar-refractivity contribution in [2.75, 3.05) is 17.3 Å². The molecule has 2 aromatic rings. The number of benzene rings is 1. The van der Waals surface area contributed by atoms with E-state index in [1.165, 1.54) is 25.3 Å². The molecule has 146 valence electrons. The predicted molar refractivity (Wildman–Crippen MR) is 105 cm³/mol. The molecule has 1 saturated carbocycles. The number of aryl methyl sites for hydroxylation is 1. The Bertz CT molecular complexity index is 783. The Morgan fingerprint density at radius 3 is 2.74 bits per heavy atom. The minimum atomic E-state index is -0.321. The first kappa shape index (κ1) is 19.7. The van der Waals surface area contributed by atoms with Gasteiger partial charge >= 0.3 is 0 Å². The fraction of sp³-hybridized carbons (Fsp3) is 0.500. The summed E-state index contributed by atoms with van der Waals surface area (Å²) >= 11 is 5.91. The van der Waals surface area contributed by atoms with Crippen LogP contribution >= 0.6 is 11.6 Å². The summed E-state index contributed by atoms with van der Waals surface area (Å²) in [6.45, 7) is 1.78. The van der Waals surface area contributed by atoms with Gasteiger partial charge in [0.25, 0.3) is 0 Å². The third-order valence-corrected chi connectivity index (χ3v) is 5.57. The third-order valence-electron chi connectivity index (χ3n) is 5.27. The Morgan fingerprint density at radius 2 is 2.11 bits per heavy atom. The van der Waals surface area contributed by atoms with Crippen LogP contribution in [0.4, 0.5) is 15.8 Å². The van der Waals surface area contributed by atoms with Crippen molar-refractivity contribution in [1.82, 2.24) is 5.16 Å². The van der Waals surface area contributed by atoms with E-state index < -0.39 is 0 Å². The van der Waals surface area contributed by atoms with Gasteiger partial charge in [-0.25, -0.2) is 4.39 Å². The maximum atomic E-state index is 14.6. The second-order valence-electron chi connectivity index (χ2n) is 7.14. The van der Waals surface area contributed by atoms with E-state index in [-0.39, 0.29) is 23.4 Å². The highest BCUT2D eigenvalue weighted by molar-refractivity contribution is 6.29. The van der Waals surface area contributed by atoms with Crippen LogP contribution in [0.2, 0.25) is 5.22 Å². The molecule has 0 saturated heterocycles. The summed E-state index contributed by atoms with van der Waals surface area (Å²) in [5.74, 6) is -0.529. The molecule has 7 heteroatoms. The molecule has 1 N–H and O–H groups in total. The van der Waals surface area contributed by atoms with Crippen molar-refractivity contribution < 1.29 is 13.7 Å². The lowest BCUT2D eigenvalue weighted by Gasteiger charge is -2.33. The normalized spacial score (nSPS) is 15.0. The highest BCUT2D eigenvalue weighted by Crippen LogP contribution is 2.29. The predicted octanol–water partition coefficient (Wildman–Crippen LogP) is 5.12. The number of anilines is 2. The second kappa shape index (κ2) is 8.74. The average molecular weight is 394 g/mol. The number of carbonyl (C=O) groups excluding carboxylic acids is 1. The zero-order valence-corrected chi connectivity index (χ0v) is 16.5. The van der Waals surface area contributed by atoms with Crippen molar-refractivity contribution in [3.8, 4) is 0 Å². The molecule has 0 aliphatic heterocycles.